The molecule has 5 nitrogen and oxygen atoms in total. The van der Waals surface area contributed by atoms with E-state index in [4.69, 9.17) is 23.1 Å². The predicted octanol–water partition coefficient (Wildman–Crippen LogP) is 4.27. The molecule has 0 unspecified atom stereocenters. The van der Waals surface area contributed by atoms with Crippen LogP contribution in [0.15, 0.2) is 36.7 Å². The van der Waals surface area contributed by atoms with Crippen LogP contribution in [0.3, 0.4) is 0 Å². The van der Waals surface area contributed by atoms with E-state index < -0.39 is 0 Å². The maximum atomic E-state index is 12.0. The number of rotatable bonds is 6. The first-order valence-electron chi connectivity index (χ1n) is 8.22. The number of terminal acetylenes is 1. The molecule has 0 aliphatic heterocycles. The summed E-state index contributed by atoms with van der Waals surface area (Å²) in [6.45, 7) is 5.38. The Kier molecular flexibility index (Phi) is 5.50. The summed E-state index contributed by atoms with van der Waals surface area (Å²) in [5.74, 6) is 3.35. The first-order chi connectivity index (χ1) is 12.5. The summed E-state index contributed by atoms with van der Waals surface area (Å²) in [7, 11) is 0. The summed E-state index contributed by atoms with van der Waals surface area (Å²) in [5.41, 5.74) is 2.70. The maximum Gasteiger partial charge on any atom is 0.278 e. The molecule has 7 heteroatoms. The lowest BCUT2D eigenvalue weighted by Gasteiger charge is -2.09. The van der Waals surface area contributed by atoms with Crippen LogP contribution >= 0.6 is 22.9 Å². The van der Waals surface area contributed by atoms with Crippen LogP contribution in [-0.4, -0.2) is 16.3 Å². The molecule has 0 atom stereocenters. The number of thiophene rings is 1. The van der Waals surface area contributed by atoms with Crippen LogP contribution in [0.5, 0.6) is 0 Å². The summed E-state index contributed by atoms with van der Waals surface area (Å²) < 4.78 is 3.42. The van der Waals surface area contributed by atoms with Crippen LogP contribution in [0.2, 0.25) is 4.34 Å². The molecule has 0 aromatic carbocycles. The van der Waals surface area contributed by atoms with Crippen LogP contribution < -0.4 is 10.0 Å². The number of aromatic nitrogens is 3. The van der Waals surface area contributed by atoms with Gasteiger partial charge in [0.05, 0.1) is 15.4 Å². The molecular formula is C19H19ClN4OS. The average Bonchev–Trinajstić information content (AvgIpc) is 3.20. The van der Waals surface area contributed by atoms with Gasteiger partial charge in [-0.3, -0.25) is 10.00 Å². The predicted molar refractivity (Wildman–Crippen MR) is 107 cm³/mol. The van der Waals surface area contributed by atoms with Crippen molar-refractivity contribution in [2.75, 3.05) is 11.9 Å². The van der Waals surface area contributed by atoms with Crippen molar-refractivity contribution in [3.05, 3.63) is 46.2 Å². The third-order valence-corrected chi connectivity index (χ3v) is 4.96. The quantitative estimate of drug-likeness (QED) is 0.391. The third-order valence-electron chi connectivity index (χ3n) is 3.72. The number of hydrogen-bond acceptors (Lipinski definition) is 4. The highest BCUT2D eigenvalue weighted by atomic mass is 35.5. The van der Waals surface area contributed by atoms with Crippen molar-refractivity contribution < 1.29 is 4.73 Å². The van der Waals surface area contributed by atoms with E-state index in [-0.39, 0.29) is 6.54 Å². The zero-order valence-electron chi connectivity index (χ0n) is 14.6. The van der Waals surface area contributed by atoms with E-state index in [9.17, 15) is 5.21 Å². The van der Waals surface area contributed by atoms with E-state index in [2.05, 4.69) is 25.1 Å². The Bertz CT molecular complexity index is 955. The summed E-state index contributed by atoms with van der Waals surface area (Å²) in [5, 5.41) is 19.7. The lowest BCUT2D eigenvalue weighted by atomic mass is 10.1. The van der Waals surface area contributed by atoms with E-state index in [1.807, 2.05) is 23.0 Å². The van der Waals surface area contributed by atoms with Gasteiger partial charge in [-0.2, -0.15) is 5.10 Å². The minimum absolute atomic E-state index is 0.283. The summed E-state index contributed by atoms with van der Waals surface area (Å²) in [6.07, 6.45) is 8.76. The Balaban J connectivity index is 2.08. The highest BCUT2D eigenvalue weighted by Crippen LogP contribution is 2.37. The van der Waals surface area contributed by atoms with E-state index in [0.717, 1.165) is 33.0 Å². The fraction of sp³-hybridized carbons (Fsp3) is 0.263. The Hall–Kier alpha value is -2.49. The van der Waals surface area contributed by atoms with Gasteiger partial charge in [0.1, 0.15) is 12.2 Å². The second-order valence-corrected chi connectivity index (χ2v) is 8.01. The van der Waals surface area contributed by atoms with E-state index in [0.29, 0.717) is 16.1 Å². The molecule has 0 amide bonds. The standard InChI is InChI=1S/C19H19ClN4OS/c1-4-8-21-18-10-14(7-9-24(18)25)15-12-23(11-13(2)3)22-19(15)16-5-6-17(20)26-16/h1,5-7,9-10,12-13,21H,8,11H2,2-3H3. The SMILES string of the molecule is C#CCNc1cc(-c2cn(CC(C)C)nc2-c2ccc(Cl)s2)cc[n+]1[O-]. The number of nitrogens with zero attached hydrogens (tertiary/aromatic N) is 3. The summed E-state index contributed by atoms with van der Waals surface area (Å²) >= 11 is 7.60. The number of nitrogens with one attached hydrogen (secondary N) is 1. The maximum absolute atomic E-state index is 12.0. The van der Waals surface area contributed by atoms with Crippen LogP contribution in [0.1, 0.15) is 13.8 Å². The van der Waals surface area contributed by atoms with E-state index >= 15 is 0 Å². The van der Waals surface area contributed by atoms with Crippen molar-refractivity contribution in [1.29, 1.82) is 0 Å². The third kappa shape index (κ3) is 4.01. The van der Waals surface area contributed by atoms with Crippen molar-refractivity contribution >= 4 is 28.8 Å². The van der Waals surface area contributed by atoms with Crippen molar-refractivity contribution in [3.8, 4) is 34.0 Å². The molecule has 26 heavy (non-hydrogen) atoms. The van der Waals surface area contributed by atoms with Gasteiger partial charge in [0.25, 0.3) is 5.82 Å². The van der Waals surface area contributed by atoms with Crippen molar-refractivity contribution in [1.82, 2.24) is 9.78 Å². The Morgan fingerprint density at radius 2 is 2.23 bits per heavy atom. The largest absolute Gasteiger partial charge is 0.711 e. The normalized spacial score (nSPS) is 10.9. The van der Waals surface area contributed by atoms with Crippen LogP contribution in [-0.2, 0) is 6.54 Å². The van der Waals surface area contributed by atoms with Gasteiger partial charge in [0.15, 0.2) is 0 Å². The molecule has 3 aromatic rings. The number of anilines is 1. The Labute approximate surface area is 161 Å². The summed E-state index contributed by atoms with van der Waals surface area (Å²) in [4.78, 5) is 0.990. The fourth-order valence-corrected chi connectivity index (χ4v) is 3.69. The lowest BCUT2D eigenvalue weighted by Crippen LogP contribution is -2.30. The van der Waals surface area contributed by atoms with Gasteiger partial charge >= 0.3 is 0 Å². The van der Waals surface area contributed by atoms with Gasteiger partial charge in [-0.25, -0.2) is 4.73 Å². The van der Waals surface area contributed by atoms with E-state index in [1.54, 1.807) is 12.1 Å². The molecule has 0 bridgehead atoms. The van der Waals surface area contributed by atoms with Crippen LogP contribution in [0.25, 0.3) is 21.7 Å². The van der Waals surface area contributed by atoms with Gasteiger partial charge in [0, 0.05) is 24.4 Å². The second-order valence-electron chi connectivity index (χ2n) is 6.30. The van der Waals surface area contributed by atoms with E-state index in [1.165, 1.54) is 17.5 Å². The van der Waals surface area contributed by atoms with Crippen LogP contribution in [0.4, 0.5) is 5.82 Å². The van der Waals surface area contributed by atoms with Crippen molar-refractivity contribution in [2.24, 2.45) is 5.92 Å². The van der Waals surface area contributed by atoms with Gasteiger partial charge in [-0.05, 0) is 29.7 Å². The molecule has 0 fully saturated rings. The van der Waals surface area contributed by atoms with Gasteiger partial charge in [-0.15, -0.1) is 17.8 Å². The highest BCUT2D eigenvalue weighted by Gasteiger charge is 2.17. The lowest BCUT2D eigenvalue weighted by molar-refractivity contribution is -0.590. The van der Waals surface area contributed by atoms with Crippen molar-refractivity contribution in [3.63, 3.8) is 0 Å². The first kappa shape index (κ1) is 18.3. The molecule has 0 aliphatic carbocycles. The second kappa shape index (κ2) is 7.81. The molecule has 3 rings (SSSR count). The molecular weight excluding hydrogens is 368 g/mol. The molecule has 3 heterocycles. The monoisotopic (exact) mass is 386 g/mol. The highest BCUT2D eigenvalue weighted by molar-refractivity contribution is 7.19. The summed E-state index contributed by atoms with van der Waals surface area (Å²) in [6, 6.07) is 7.40. The van der Waals surface area contributed by atoms with Gasteiger partial charge in [0.2, 0.25) is 0 Å². The average molecular weight is 387 g/mol. The van der Waals surface area contributed by atoms with Crippen LogP contribution in [0, 0.1) is 23.5 Å². The minimum Gasteiger partial charge on any atom is -0.711 e. The van der Waals surface area contributed by atoms with Crippen molar-refractivity contribution in [2.45, 2.75) is 20.4 Å². The molecule has 0 aliphatic rings. The first-order valence-corrected chi connectivity index (χ1v) is 9.41. The minimum atomic E-state index is 0.283. The zero-order valence-corrected chi connectivity index (χ0v) is 16.1. The number of pyridine rings is 1. The molecule has 0 spiro atoms. The van der Waals surface area contributed by atoms with Gasteiger partial charge < -0.3 is 5.21 Å². The smallest absolute Gasteiger partial charge is 0.278 e. The molecule has 1 N–H and O–H groups in total. The molecule has 0 saturated heterocycles. The molecule has 3 aromatic heterocycles. The number of hydrogen-bond donors (Lipinski definition) is 1. The van der Waals surface area contributed by atoms with Gasteiger partial charge in [-0.1, -0.05) is 31.4 Å². The Morgan fingerprint density at radius 1 is 1.42 bits per heavy atom. The molecule has 0 radical (unpaired) electrons. The topological polar surface area (TPSA) is 56.8 Å². The molecule has 0 saturated carbocycles. The zero-order chi connectivity index (χ0) is 18.7. The molecule has 134 valence electrons. The fourth-order valence-electron chi connectivity index (χ4n) is 2.65. The Morgan fingerprint density at radius 3 is 2.88 bits per heavy atom. The number of halogens is 1.